The van der Waals surface area contributed by atoms with Gasteiger partial charge in [-0.1, -0.05) is 11.6 Å². The zero-order valence-corrected chi connectivity index (χ0v) is 15.6. The van der Waals surface area contributed by atoms with Gasteiger partial charge in [0.05, 0.1) is 0 Å². The topological polar surface area (TPSA) is 22.4 Å². The van der Waals surface area contributed by atoms with Crippen molar-refractivity contribution in [3.63, 3.8) is 0 Å². The van der Waals surface area contributed by atoms with Gasteiger partial charge in [0.15, 0.2) is 0 Å². The van der Waals surface area contributed by atoms with E-state index >= 15 is 0 Å². The molecule has 6 heteroatoms. The molecule has 0 N–H and O–H groups in total. The van der Waals surface area contributed by atoms with Crippen LogP contribution in [0.25, 0.3) is 6.08 Å². The van der Waals surface area contributed by atoms with Crippen molar-refractivity contribution in [3.8, 4) is 0 Å². The molecule has 0 unspecified atom stereocenters. The summed E-state index contributed by atoms with van der Waals surface area (Å²) < 4.78 is 10.4. The van der Waals surface area contributed by atoms with Crippen LogP contribution in [-0.2, 0) is 34.1 Å². The van der Waals surface area contributed by atoms with Gasteiger partial charge in [-0.15, -0.1) is 0 Å². The van der Waals surface area contributed by atoms with Crippen LogP contribution < -0.4 is 24.8 Å². The minimum absolute atomic E-state index is 0. The molecule has 0 atom stereocenters. The number of halogens is 2. The van der Waals surface area contributed by atoms with E-state index in [1.54, 1.807) is 0 Å². The minimum Gasteiger partial charge on any atom is -1.00 e. The van der Waals surface area contributed by atoms with Crippen molar-refractivity contribution in [3.05, 3.63) is 28.7 Å². The summed E-state index contributed by atoms with van der Waals surface area (Å²) in [5.41, 5.74) is 2.67. The molecule has 17 heavy (non-hydrogen) atoms. The zero-order chi connectivity index (χ0) is 11.4. The molecule has 0 saturated carbocycles. The second-order valence-corrected chi connectivity index (χ2v) is 8.14. The summed E-state index contributed by atoms with van der Waals surface area (Å²) in [5, 5.41) is 0. The van der Waals surface area contributed by atoms with Gasteiger partial charge in [-0.2, -0.15) is 0 Å². The van der Waals surface area contributed by atoms with Crippen molar-refractivity contribution in [2.45, 2.75) is 33.4 Å². The molecule has 0 fully saturated rings. The van der Waals surface area contributed by atoms with E-state index < -0.39 is 9.04 Å². The standard InChI is InChI=1S/C9H10O.C2H7OSi.2ClH.Zr/c1-6-3-8-5-7(2)10-9(8)4-6;1-4(2)3;;;/h3,5H,4H2,1-2H3;4H,1-2H3;2*1H;/q;-1;;;+3/p-2. The van der Waals surface area contributed by atoms with Crippen molar-refractivity contribution < 1.29 is 56.9 Å². The van der Waals surface area contributed by atoms with Crippen molar-refractivity contribution in [1.29, 1.82) is 0 Å². The maximum atomic E-state index is 5.44. The molecule has 0 aromatic carbocycles. The second kappa shape index (κ2) is 9.57. The minimum atomic E-state index is -0.610. The van der Waals surface area contributed by atoms with Gasteiger partial charge in [0.2, 0.25) is 0 Å². The zero-order valence-electron chi connectivity index (χ0n) is 10.5. The van der Waals surface area contributed by atoms with Gasteiger partial charge in [0, 0.05) is 12.0 Å². The fraction of sp³-hybridized carbons (Fsp3) is 0.455. The summed E-state index contributed by atoms with van der Waals surface area (Å²) in [6, 6.07) is 2.09. The van der Waals surface area contributed by atoms with Crippen molar-refractivity contribution in [1.82, 2.24) is 0 Å². The number of hydrogen-bond donors (Lipinski definition) is 0. The third kappa shape index (κ3) is 6.97. The molecule has 0 spiro atoms. The van der Waals surface area contributed by atoms with Gasteiger partial charge < -0.3 is 29.2 Å². The van der Waals surface area contributed by atoms with Crippen molar-refractivity contribution in [2.75, 3.05) is 0 Å². The summed E-state index contributed by atoms with van der Waals surface area (Å²) in [7, 11) is -0.610. The molecular formula is C11H17Cl2O2SiZr. The Balaban J connectivity index is 0. The van der Waals surface area contributed by atoms with E-state index in [2.05, 4.69) is 32.2 Å². The van der Waals surface area contributed by atoms with Crippen LogP contribution in [0.5, 0.6) is 0 Å². The molecule has 0 saturated heterocycles. The number of aryl methyl sites for hydroxylation is 1. The van der Waals surface area contributed by atoms with Crippen LogP contribution in [-0.4, -0.2) is 9.04 Å². The third-order valence-electron chi connectivity index (χ3n) is 2.04. The average molecular weight is 371 g/mol. The number of rotatable bonds is 1. The Bertz CT molecular complexity index is 364. The molecule has 1 heterocycles. The summed E-state index contributed by atoms with van der Waals surface area (Å²) in [6.45, 7) is 8.44. The molecule has 1 aliphatic carbocycles. The predicted molar refractivity (Wildman–Crippen MR) is 60.8 cm³/mol. The Morgan fingerprint density at radius 2 is 1.82 bits per heavy atom. The Labute approximate surface area is 133 Å². The van der Waals surface area contributed by atoms with Gasteiger partial charge >= 0.3 is 49.8 Å². The van der Waals surface area contributed by atoms with E-state index in [9.17, 15) is 0 Å². The smallest absolute Gasteiger partial charge is 1.00 e. The average Bonchev–Trinajstić information content (AvgIpc) is 2.61. The predicted octanol–water partition coefficient (Wildman–Crippen LogP) is -3.00. The summed E-state index contributed by atoms with van der Waals surface area (Å²) >= 11 is 1.23. The van der Waals surface area contributed by atoms with E-state index in [1.165, 1.54) is 36.3 Å². The number of hydrogen-bond acceptors (Lipinski definition) is 2. The van der Waals surface area contributed by atoms with Crippen molar-refractivity contribution in [2.24, 2.45) is 0 Å². The Morgan fingerprint density at radius 1 is 1.29 bits per heavy atom. The molecule has 95 valence electrons. The molecule has 1 aromatic heterocycles. The third-order valence-corrected chi connectivity index (χ3v) is 5.99. The Kier molecular flexibility index (Phi) is 11.3. The van der Waals surface area contributed by atoms with E-state index in [-0.39, 0.29) is 24.8 Å². The maximum absolute atomic E-state index is 5.44. The fourth-order valence-electron chi connectivity index (χ4n) is 1.41. The van der Waals surface area contributed by atoms with Gasteiger partial charge in [-0.05, 0) is 19.9 Å². The van der Waals surface area contributed by atoms with Crippen LogP contribution in [0.1, 0.15) is 24.0 Å². The summed E-state index contributed by atoms with van der Waals surface area (Å²) in [4.78, 5) is 0. The van der Waals surface area contributed by atoms with Gasteiger partial charge in [-0.25, -0.2) is 0 Å². The molecule has 1 aromatic rings. The Hall–Kier alpha value is 0.660. The molecule has 0 amide bonds. The molecular weight excluding hydrogens is 354 g/mol. The van der Waals surface area contributed by atoms with E-state index in [1.807, 2.05) is 6.92 Å². The largest absolute Gasteiger partial charge is 1.00 e. The summed E-state index contributed by atoms with van der Waals surface area (Å²) in [6.07, 6.45) is 3.19. The van der Waals surface area contributed by atoms with Crippen LogP contribution >= 0.6 is 0 Å². The fourth-order valence-corrected chi connectivity index (χ4v) is 1.41. The van der Waals surface area contributed by atoms with Gasteiger partial charge in [-0.3, -0.25) is 0 Å². The molecule has 2 rings (SSSR count). The van der Waals surface area contributed by atoms with Crippen LogP contribution in [0.3, 0.4) is 0 Å². The molecule has 0 bridgehead atoms. The number of allylic oxidation sites excluding steroid dienone is 1. The van der Waals surface area contributed by atoms with Gasteiger partial charge in [0.1, 0.15) is 11.5 Å². The first-order chi connectivity index (χ1) is 7.02. The van der Waals surface area contributed by atoms with E-state index in [0.717, 1.165) is 17.9 Å². The molecule has 0 aliphatic heterocycles. The van der Waals surface area contributed by atoms with E-state index in [4.69, 9.17) is 6.92 Å². The Morgan fingerprint density at radius 3 is 2.24 bits per heavy atom. The molecule has 0 radical (unpaired) electrons. The molecule has 2 nitrogen and oxygen atoms in total. The quantitative estimate of drug-likeness (QED) is 0.491. The van der Waals surface area contributed by atoms with Crippen LogP contribution in [0.2, 0.25) is 13.1 Å². The van der Waals surface area contributed by atoms with Crippen LogP contribution in [0.15, 0.2) is 16.1 Å². The normalized spacial score (nSPS) is 11.8. The SMILES string of the molecule is CC1=Cc2cc(C)oc2C1.C[SiH](C)[O][Zr+2].[Cl-].[Cl-]. The first-order valence-electron chi connectivity index (χ1n) is 5.11. The first-order valence-corrected chi connectivity index (χ1v) is 8.90. The molecule has 1 aliphatic rings. The van der Waals surface area contributed by atoms with E-state index in [0.29, 0.717) is 0 Å². The van der Waals surface area contributed by atoms with Crippen molar-refractivity contribution >= 4 is 15.1 Å². The second-order valence-electron chi connectivity index (χ2n) is 4.07. The monoisotopic (exact) mass is 369 g/mol. The van der Waals surface area contributed by atoms with Gasteiger partial charge in [0.25, 0.3) is 0 Å². The van der Waals surface area contributed by atoms with Crippen LogP contribution in [0, 0.1) is 6.92 Å². The number of furan rings is 1. The summed E-state index contributed by atoms with van der Waals surface area (Å²) in [5.74, 6) is 2.16. The number of fused-ring (bicyclic) bond motifs is 1. The van der Waals surface area contributed by atoms with Crippen LogP contribution in [0.4, 0.5) is 0 Å². The first kappa shape index (κ1) is 20.0. The maximum Gasteiger partial charge on any atom is -1.00 e.